The molecule has 4 N–H and O–H groups in total. The Balaban J connectivity index is 2.12. The van der Waals surface area contributed by atoms with E-state index in [1.807, 2.05) is 0 Å². The van der Waals surface area contributed by atoms with E-state index in [0.717, 1.165) is 6.07 Å². The van der Waals surface area contributed by atoms with E-state index in [-0.39, 0.29) is 22.2 Å². The summed E-state index contributed by atoms with van der Waals surface area (Å²) in [6.45, 7) is 0. The van der Waals surface area contributed by atoms with Gasteiger partial charge in [0.25, 0.3) is 5.69 Å². The molecule has 2 aromatic rings. The lowest BCUT2D eigenvalue weighted by molar-refractivity contribution is -0.383. The van der Waals surface area contributed by atoms with Crippen LogP contribution in [-0.4, -0.2) is 10.0 Å². The highest BCUT2D eigenvalue weighted by Crippen LogP contribution is 2.25. The third-order valence-electron chi connectivity index (χ3n) is 2.66. The molecule has 0 saturated heterocycles. The Kier molecular flexibility index (Phi) is 4.47. The van der Waals surface area contributed by atoms with Crippen LogP contribution in [0.3, 0.4) is 0 Å². The van der Waals surface area contributed by atoms with Gasteiger partial charge in [-0.05, 0) is 36.5 Å². The molecule has 114 valence electrons. The maximum absolute atomic E-state index is 13.5. The fraction of sp³-hybridized carbons (Fsp3) is 0. The topological polar surface area (TPSA) is 93.2 Å². The summed E-state index contributed by atoms with van der Waals surface area (Å²) in [5.74, 6) is -1.52. The lowest BCUT2D eigenvalue weighted by atomic mass is 10.2. The van der Waals surface area contributed by atoms with E-state index < -0.39 is 16.6 Å². The number of nitro groups is 1. The molecule has 0 aliphatic heterocycles. The highest BCUT2D eigenvalue weighted by molar-refractivity contribution is 7.80. The highest BCUT2D eigenvalue weighted by Gasteiger charge is 2.13. The molecule has 6 nitrogen and oxygen atoms in total. The van der Waals surface area contributed by atoms with Crippen LogP contribution in [0.1, 0.15) is 0 Å². The van der Waals surface area contributed by atoms with E-state index >= 15 is 0 Å². The summed E-state index contributed by atoms with van der Waals surface area (Å²) in [5.41, 5.74) is 5.49. The number of rotatable bonds is 3. The average molecular weight is 324 g/mol. The smallest absolute Gasteiger partial charge is 0.294 e. The van der Waals surface area contributed by atoms with Gasteiger partial charge in [0.05, 0.1) is 10.6 Å². The Hall–Kier alpha value is -2.81. The maximum Gasteiger partial charge on any atom is 0.294 e. The summed E-state index contributed by atoms with van der Waals surface area (Å²) in [7, 11) is 0. The highest BCUT2D eigenvalue weighted by atomic mass is 32.1. The molecule has 0 fully saturated rings. The summed E-state index contributed by atoms with van der Waals surface area (Å²) in [6, 6.07) is 6.99. The summed E-state index contributed by atoms with van der Waals surface area (Å²) < 4.78 is 26.3. The molecule has 0 unspecified atom stereocenters. The molecule has 0 aromatic heterocycles. The van der Waals surface area contributed by atoms with Gasteiger partial charge in [-0.15, -0.1) is 0 Å². The molecule has 9 heteroatoms. The van der Waals surface area contributed by atoms with Crippen LogP contribution >= 0.6 is 12.2 Å². The van der Waals surface area contributed by atoms with Gasteiger partial charge in [-0.1, -0.05) is 0 Å². The summed E-state index contributed by atoms with van der Waals surface area (Å²) in [4.78, 5) is 10.2. The van der Waals surface area contributed by atoms with E-state index in [2.05, 4.69) is 10.6 Å². The van der Waals surface area contributed by atoms with Crippen LogP contribution < -0.4 is 16.4 Å². The summed E-state index contributed by atoms with van der Waals surface area (Å²) in [6.07, 6.45) is 0. The number of hydrogen-bond acceptors (Lipinski definition) is 4. The first-order valence-corrected chi connectivity index (χ1v) is 6.34. The molecule has 0 heterocycles. The quantitative estimate of drug-likeness (QED) is 0.347. The molecular formula is C13H10F2N4O2S. The number of hydrogen-bond donors (Lipinski definition) is 3. The third-order valence-corrected chi connectivity index (χ3v) is 2.87. The van der Waals surface area contributed by atoms with Crippen molar-refractivity contribution in [2.24, 2.45) is 0 Å². The van der Waals surface area contributed by atoms with Gasteiger partial charge >= 0.3 is 0 Å². The first-order chi connectivity index (χ1) is 10.4. The first kappa shape index (κ1) is 15.6. The maximum atomic E-state index is 13.5. The molecule has 2 aromatic carbocycles. The minimum atomic E-state index is -0.813. The Labute approximate surface area is 129 Å². The van der Waals surface area contributed by atoms with E-state index in [1.165, 1.54) is 24.3 Å². The largest absolute Gasteiger partial charge is 0.393 e. The van der Waals surface area contributed by atoms with Crippen molar-refractivity contribution in [3.63, 3.8) is 0 Å². The number of anilines is 3. The molecule has 2 rings (SSSR count). The normalized spacial score (nSPS) is 10.1. The lowest BCUT2D eigenvalue weighted by Crippen LogP contribution is -2.20. The fourth-order valence-electron chi connectivity index (χ4n) is 1.66. The van der Waals surface area contributed by atoms with Crippen molar-refractivity contribution in [2.45, 2.75) is 0 Å². The number of nitrogens with one attached hydrogen (secondary N) is 2. The van der Waals surface area contributed by atoms with E-state index in [4.69, 9.17) is 18.0 Å². The average Bonchev–Trinajstić information content (AvgIpc) is 2.44. The fourth-order valence-corrected chi connectivity index (χ4v) is 1.88. The van der Waals surface area contributed by atoms with Crippen molar-refractivity contribution in [2.75, 3.05) is 16.4 Å². The van der Waals surface area contributed by atoms with Gasteiger partial charge in [-0.25, -0.2) is 8.78 Å². The van der Waals surface area contributed by atoms with Crippen molar-refractivity contribution in [1.82, 2.24) is 0 Å². The zero-order valence-corrected chi connectivity index (χ0v) is 11.8. The molecule has 0 atom stereocenters. The molecule has 0 radical (unpaired) electrons. The van der Waals surface area contributed by atoms with Crippen molar-refractivity contribution in [1.29, 1.82) is 0 Å². The molecule has 0 amide bonds. The molecule has 0 saturated carbocycles. The van der Waals surface area contributed by atoms with E-state index in [9.17, 15) is 18.9 Å². The second kappa shape index (κ2) is 6.31. The summed E-state index contributed by atoms with van der Waals surface area (Å²) >= 11 is 4.97. The second-order valence-electron chi connectivity index (χ2n) is 4.23. The van der Waals surface area contributed by atoms with Crippen LogP contribution in [0.4, 0.5) is 31.5 Å². The van der Waals surface area contributed by atoms with Gasteiger partial charge in [0.15, 0.2) is 5.11 Å². The molecule has 0 spiro atoms. The minimum Gasteiger partial charge on any atom is -0.393 e. The monoisotopic (exact) mass is 324 g/mol. The molecule has 0 bridgehead atoms. The molecular weight excluding hydrogens is 314 g/mol. The number of thiocarbonyl (C=S) groups is 1. The lowest BCUT2D eigenvalue weighted by Gasteiger charge is -2.11. The van der Waals surface area contributed by atoms with Gasteiger partial charge in [-0.2, -0.15) is 0 Å². The van der Waals surface area contributed by atoms with Crippen molar-refractivity contribution < 1.29 is 13.7 Å². The van der Waals surface area contributed by atoms with E-state index in [0.29, 0.717) is 11.8 Å². The predicted molar refractivity (Wildman–Crippen MR) is 83.7 cm³/mol. The Bertz CT molecular complexity index is 755. The van der Waals surface area contributed by atoms with Crippen molar-refractivity contribution in [3.8, 4) is 0 Å². The Morgan fingerprint density at radius 2 is 1.91 bits per heavy atom. The SMILES string of the molecule is Nc1ccc(NC(=S)Nc2ccc(F)cc2F)cc1[N+](=O)[O-]. The number of nitrogen functional groups attached to an aromatic ring is 1. The molecule has 0 aliphatic carbocycles. The van der Waals surface area contributed by atoms with Crippen molar-refractivity contribution in [3.05, 3.63) is 58.1 Å². The van der Waals surface area contributed by atoms with Crippen LogP contribution in [-0.2, 0) is 0 Å². The number of benzene rings is 2. The van der Waals surface area contributed by atoms with Crippen LogP contribution in [0.2, 0.25) is 0 Å². The zero-order chi connectivity index (χ0) is 16.3. The molecule has 22 heavy (non-hydrogen) atoms. The number of nitrogens with two attached hydrogens (primary N) is 1. The van der Waals surface area contributed by atoms with Crippen LogP contribution in [0.15, 0.2) is 36.4 Å². The second-order valence-corrected chi connectivity index (χ2v) is 4.64. The van der Waals surface area contributed by atoms with Crippen LogP contribution in [0.25, 0.3) is 0 Å². The minimum absolute atomic E-state index is 0.00965. The molecule has 0 aliphatic rings. The standard InChI is InChI=1S/C13H10F2N4O2S/c14-7-1-4-11(9(15)5-7)18-13(22)17-8-2-3-10(16)12(6-8)19(20)21/h1-6H,16H2,(H2,17,18,22). The zero-order valence-electron chi connectivity index (χ0n) is 11.0. The third kappa shape index (κ3) is 3.64. The Morgan fingerprint density at radius 3 is 2.55 bits per heavy atom. The first-order valence-electron chi connectivity index (χ1n) is 5.94. The van der Waals surface area contributed by atoms with Gasteiger partial charge in [0, 0.05) is 17.8 Å². The van der Waals surface area contributed by atoms with E-state index in [1.54, 1.807) is 0 Å². The Morgan fingerprint density at radius 1 is 1.18 bits per heavy atom. The predicted octanol–water partition coefficient (Wildman–Crippen LogP) is 3.26. The number of halogens is 2. The van der Waals surface area contributed by atoms with Gasteiger partial charge in [0.1, 0.15) is 17.3 Å². The van der Waals surface area contributed by atoms with Gasteiger partial charge in [0.2, 0.25) is 0 Å². The van der Waals surface area contributed by atoms with Crippen LogP contribution in [0, 0.1) is 21.7 Å². The van der Waals surface area contributed by atoms with Gasteiger partial charge in [-0.3, -0.25) is 10.1 Å². The number of nitro benzene ring substituents is 1. The summed E-state index contributed by atoms with van der Waals surface area (Å²) in [5, 5.41) is 16.0. The van der Waals surface area contributed by atoms with Gasteiger partial charge < -0.3 is 16.4 Å². The van der Waals surface area contributed by atoms with Crippen LogP contribution in [0.5, 0.6) is 0 Å². The number of nitrogens with zero attached hydrogens (tertiary/aromatic N) is 1. The van der Waals surface area contributed by atoms with Crippen molar-refractivity contribution >= 4 is 40.1 Å².